The zero-order chi connectivity index (χ0) is 14.7. The molecule has 108 valence electrons. The summed E-state index contributed by atoms with van der Waals surface area (Å²) < 4.78 is 4.76. The normalized spacial score (nSPS) is 15.1. The summed E-state index contributed by atoms with van der Waals surface area (Å²) in [4.78, 5) is 31.1. The molecular weight excluding hydrogens is 260 g/mol. The second-order valence-electron chi connectivity index (χ2n) is 4.62. The van der Waals surface area contributed by atoms with Gasteiger partial charge in [0.05, 0.1) is 19.0 Å². The van der Waals surface area contributed by atoms with Crippen LogP contribution in [0.1, 0.15) is 17.3 Å². The highest BCUT2D eigenvalue weighted by atomic mass is 16.5. The molecule has 2 heterocycles. The number of rotatable bonds is 2. The van der Waals surface area contributed by atoms with E-state index in [1.165, 1.54) is 13.3 Å². The van der Waals surface area contributed by atoms with E-state index in [1.807, 2.05) is 4.90 Å². The fraction of sp³-hybridized carbons (Fsp3) is 0.462. The molecule has 7 heteroatoms. The summed E-state index contributed by atoms with van der Waals surface area (Å²) >= 11 is 0. The molecule has 0 radical (unpaired) electrons. The Kier molecular flexibility index (Phi) is 4.07. The number of carbonyl (C=O) groups is 2. The Labute approximate surface area is 117 Å². The van der Waals surface area contributed by atoms with Crippen molar-refractivity contribution in [2.45, 2.75) is 6.92 Å². The lowest BCUT2D eigenvalue weighted by Gasteiger charge is -2.35. The summed E-state index contributed by atoms with van der Waals surface area (Å²) in [5.74, 6) is 0.145. The zero-order valence-electron chi connectivity index (χ0n) is 11.6. The number of carbonyl (C=O) groups excluding carboxylic acids is 2. The van der Waals surface area contributed by atoms with E-state index in [2.05, 4.69) is 4.98 Å². The zero-order valence-corrected chi connectivity index (χ0v) is 11.6. The predicted octanol–water partition coefficient (Wildman–Crippen LogP) is 0.119. The van der Waals surface area contributed by atoms with Gasteiger partial charge in [0.25, 0.3) is 0 Å². The van der Waals surface area contributed by atoms with Gasteiger partial charge < -0.3 is 20.3 Å². The number of methoxy groups -OCH3 is 1. The predicted molar refractivity (Wildman–Crippen MR) is 74.5 cm³/mol. The van der Waals surface area contributed by atoms with Gasteiger partial charge in [-0.3, -0.25) is 4.79 Å². The van der Waals surface area contributed by atoms with Crippen LogP contribution in [0.3, 0.4) is 0 Å². The number of esters is 1. The molecule has 0 unspecified atom stereocenters. The first-order valence-corrected chi connectivity index (χ1v) is 6.37. The van der Waals surface area contributed by atoms with E-state index in [1.54, 1.807) is 17.9 Å². The minimum atomic E-state index is -0.464. The average Bonchev–Trinajstić information content (AvgIpc) is 2.46. The summed E-state index contributed by atoms with van der Waals surface area (Å²) in [6.45, 7) is 4.03. The maximum atomic E-state index is 11.8. The Morgan fingerprint density at radius 1 is 1.30 bits per heavy atom. The minimum Gasteiger partial charge on any atom is -0.465 e. The third-order valence-electron chi connectivity index (χ3n) is 3.32. The fourth-order valence-corrected chi connectivity index (χ4v) is 2.22. The summed E-state index contributed by atoms with van der Waals surface area (Å²) in [5.41, 5.74) is 6.43. The lowest BCUT2D eigenvalue weighted by atomic mass is 10.2. The van der Waals surface area contributed by atoms with Crippen molar-refractivity contribution < 1.29 is 14.3 Å². The van der Waals surface area contributed by atoms with Crippen LogP contribution in [0.2, 0.25) is 0 Å². The quantitative estimate of drug-likeness (QED) is 0.773. The standard InChI is InChI=1S/C13H18N4O3/c1-9(18)16-3-5-17(6-4-16)12-11(13(19)20-2)7-10(14)8-15-12/h7-8H,3-6,14H2,1-2H3. The molecule has 0 bridgehead atoms. The molecule has 2 N–H and O–H groups in total. The summed E-state index contributed by atoms with van der Waals surface area (Å²) in [6.07, 6.45) is 1.51. The van der Waals surface area contributed by atoms with E-state index in [0.717, 1.165) is 0 Å². The van der Waals surface area contributed by atoms with Crippen LogP contribution in [-0.4, -0.2) is 55.0 Å². The van der Waals surface area contributed by atoms with Crippen LogP contribution in [0.4, 0.5) is 11.5 Å². The number of hydrogen-bond donors (Lipinski definition) is 1. The third kappa shape index (κ3) is 2.81. The van der Waals surface area contributed by atoms with E-state index in [0.29, 0.717) is 43.2 Å². The number of amides is 1. The summed E-state index contributed by atoms with van der Waals surface area (Å²) in [5, 5.41) is 0. The van der Waals surface area contributed by atoms with Crippen molar-refractivity contribution in [1.82, 2.24) is 9.88 Å². The summed E-state index contributed by atoms with van der Waals surface area (Å²) in [6, 6.07) is 1.56. The van der Waals surface area contributed by atoms with E-state index < -0.39 is 5.97 Å². The molecule has 1 aliphatic rings. The third-order valence-corrected chi connectivity index (χ3v) is 3.32. The molecule has 1 aromatic heterocycles. The Morgan fingerprint density at radius 3 is 2.50 bits per heavy atom. The van der Waals surface area contributed by atoms with Gasteiger partial charge in [-0.25, -0.2) is 9.78 Å². The molecule has 1 aliphatic heterocycles. The molecular formula is C13H18N4O3. The number of aromatic nitrogens is 1. The van der Waals surface area contributed by atoms with Gasteiger partial charge in [0, 0.05) is 33.1 Å². The van der Waals surface area contributed by atoms with Gasteiger partial charge in [0.1, 0.15) is 11.4 Å². The first-order chi connectivity index (χ1) is 9.52. The topological polar surface area (TPSA) is 88.8 Å². The first kappa shape index (κ1) is 14.1. The molecule has 0 aliphatic carbocycles. The van der Waals surface area contributed by atoms with E-state index >= 15 is 0 Å². The van der Waals surface area contributed by atoms with Gasteiger partial charge in [-0.15, -0.1) is 0 Å². The van der Waals surface area contributed by atoms with Crippen LogP contribution < -0.4 is 10.6 Å². The summed E-state index contributed by atoms with van der Waals surface area (Å²) in [7, 11) is 1.32. The van der Waals surface area contributed by atoms with Crippen molar-refractivity contribution in [2.24, 2.45) is 0 Å². The SMILES string of the molecule is COC(=O)c1cc(N)cnc1N1CCN(C(C)=O)CC1. The van der Waals surface area contributed by atoms with Gasteiger partial charge in [-0.2, -0.15) is 0 Å². The van der Waals surface area contributed by atoms with Gasteiger partial charge in [-0.1, -0.05) is 0 Å². The van der Waals surface area contributed by atoms with Gasteiger partial charge in [0.15, 0.2) is 0 Å². The Bertz CT molecular complexity index is 524. The Hall–Kier alpha value is -2.31. The number of pyridine rings is 1. The van der Waals surface area contributed by atoms with Crippen molar-refractivity contribution in [1.29, 1.82) is 0 Å². The molecule has 0 atom stereocenters. The average molecular weight is 278 g/mol. The Morgan fingerprint density at radius 2 is 1.95 bits per heavy atom. The lowest BCUT2D eigenvalue weighted by molar-refractivity contribution is -0.129. The fourth-order valence-electron chi connectivity index (χ4n) is 2.22. The van der Waals surface area contributed by atoms with Crippen molar-refractivity contribution in [2.75, 3.05) is 43.9 Å². The smallest absolute Gasteiger partial charge is 0.341 e. The first-order valence-electron chi connectivity index (χ1n) is 6.37. The highest BCUT2D eigenvalue weighted by molar-refractivity contribution is 5.95. The molecule has 0 saturated carbocycles. The van der Waals surface area contributed by atoms with Crippen LogP contribution in [0, 0.1) is 0 Å². The highest BCUT2D eigenvalue weighted by Crippen LogP contribution is 2.22. The van der Waals surface area contributed by atoms with Gasteiger partial charge >= 0.3 is 5.97 Å². The van der Waals surface area contributed by atoms with Crippen LogP contribution in [0.25, 0.3) is 0 Å². The van der Waals surface area contributed by atoms with Crippen molar-refractivity contribution in [3.8, 4) is 0 Å². The van der Waals surface area contributed by atoms with Crippen molar-refractivity contribution >= 4 is 23.4 Å². The number of piperazine rings is 1. The van der Waals surface area contributed by atoms with Crippen LogP contribution in [-0.2, 0) is 9.53 Å². The molecule has 1 aromatic rings. The molecule has 2 rings (SSSR count). The highest BCUT2D eigenvalue weighted by Gasteiger charge is 2.24. The van der Waals surface area contributed by atoms with Crippen molar-refractivity contribution in [3.63, 3.8) is 0 Å². The maximum absolute atomic E-state index is 11.8. The molecule has 20 heavy (non-hydrogen) atoms. The molecule has 1 fully saturated rings. The van der Waals surface area contributed by atoms with E-state index in [-0.39, 0.29) is 5.91 Å². The number of anilines is 2. The van der Waals surface area contributed by atoms with Gasteiger partial charge in [0.2, 0.25) is 5.91 Å². The molecule has 1 saturated heterocycles. The van der Waals surface area contributed by atoms with E-state index in [4.69, 9.17) is 10.5 Å². The molecule has 1 amide bonds. The molecule has 0 spiro atoms. The second-order valence-corrected chi connectivity index (χ2v) is 4.62. The van der Waals surface area contributed by atoms with Crippen LogP contribution >= 0.6 is 0 Å². The minimum absolute atomic E-state index is 0.0584. The largest absolute Gasteiger partial charge is 0.465 e. The lowest BCUT2D eigenvalue weighted by Crippen LogP contribution is -2.48. The number of ether oxygens (including phenoxy) is 1. The molecule has 0 aromatic carbocycles. The number of nitrogens with two attached hydrogens (primary N) is 1. The Balaban J connectivity index is 2.21. The van der Waals surface area contributed by atoms with Crippen LogP contribution in [0.5, 0.6) is 0 Å². The van der Waals surface area contributed by atoms with Crippen molar-refractivity contribution in [3.05, 3.63) is 17.8 Å². The monoisotopic (exact) mass is 278 g/mol. The number of nitrogens with zero attached hydrogens (tertiary/aromatic N) is 3. The van der Waals surface area contributed by atoms with Gasteiger partial charge in [-0.05, 0) is 6.07 Å². The second kappa shape index (κ2) is 5.77. The van der Waals surface area contributed by atoms with Crippen LogP contribution in [0.15, 0.2) is 12.3 Å². The maximum Gasteiger partial charge on any atom is 0.341 e. The molecule has 7 nitrogen and oxygen atoms in total. The number of nitrogen functional groups attached to an aromatic ring is 1. The number of hydrogen-bond acceptors (Lipinski definition) is 6. The van der Waals surface area contributed by atoms with E-state index in [9.17, 15) is 9.59 Å².